The van der Waals surface area contributed by atoms with Crippen molar-refractivity contribution in [3.8, 4) is 5.75 Å². The van der Waals surface area contributed by atoms with Crippen LogP contribution < -0.4 is 15.1 Å². The van der Waals surface area contributed by atoms with Gasteiger partial charge in [0, 0.05) is 35.1 Å². The van der Waals surface area contributed by atoms with Crippen LogP contribution in [0.25, 0.3) is 0 Å². The molecular formula is C28H27ClFN3O2. The van der Waals surface area contributed by atoms with Gasteiger partial charge in [0.15, 0.2) is 0 Å². The number of hydrogen-bond donors (Lipinski definition) is 1. The number of hydrogen-bond acceptors (Lipinski definition) is 4. The number of rotatable bonds is 7. The van der Waals surface area contributed by atoms with Gasteiger partial charge in [-0.15, -0.1) is 0 Å². The number of carbonyl (C=O) groups excluding carboxylic acids is 1. The summed E-state index contributed by atoms with van der Waals surface area (Å²) in [7, 11) is 1.64. The molecule has 0 radical (unpaired) electrons. The topological polar surface area (TPSA) is 53.9 Å². The Kier molecular flexibility index (Phi) is 7.22. The first-order chi connectivity index (χ1) is 16.9. The number of halogens is 2. The van der Waals surface area contributed by atoms with Gasteiger partial charge in [-0.25, -0.2) is 9.82 Å². The minimum absolute atomic E-state index is 0.0954. The van der Waals surface area contributed by atoms with Crippen molar-refractivity contribution < 1.29 is 13.9 Å². The number of nitrogens with zero attached hydrogens (tertiary/aromatic N) is 2. The van der Waals surface area contributed by atoms with E-state index in [1.165, 1.54) is 6.07 Å². The molecule has 3 aromatic rings. The van der Waals surface area contributed by atoms with E-state index in [-0.39, 0.29) is 10.9 Å². The number of hydrazone groups is 1. The fourth-order valence-corrected chi connectivity index (χ4v) is 4.80. The van der Waals surface area contributed by atoms with Crippen LogP contribution in [0.15, 0.2) is 83.6 Å². The predicted octanol–water partition coefficient (Wildman–Crippen LogP) is 6.13. The monoisotopic (exact) mass is 491 g/mol. The number of fused-ring (bicyclic) bond motifs is 1. The number of ether oxygens (including phenoxy) is 1. The Hall–Kier alpha value is -3.64. The number of likely N-dealkylation sites (N-methyl/N-ethyl adjacent to an activating group) is 1. The van der Waals surface area contributed by atoms with Crippen molar-refractivity contribution in [3.05, 3.63) is 106 Å². The van der Waals surface area contributed by atoms with Gasteiger partial charge in [0.25, 0.3) is 5.91 Å². The SMILES string of the molecule is CCN1/C(=C\C=N\NC(=O)c2ccccc2)C(C)(Cc2ccc(F)c(Cl)c2)c2cc(OC)ccc21. The smallest absolute Gasteiger partial charge is 0.271 e. The maximum Gasteiger partial charge on any atom is 0.271 e. The first-order valence-electron chi connectivity index (χ1n) is 11.4. The quantitative estimate of drug-likeness (QED) is 0.319. The molecule has 35 heavy (non-hydrogen) atoms. The molecule has 1 atom stereocenters. The average molecular weight is 492 g/mol. The molecule has 1 heterocycles. The van der Waals surface area contributed by atoms with E-state index >= 15 is 0 Å². The van der Waals surface area contributed by atoms with E-state index in [1.54, 1.807) is 49.7 Å². The second-order valence-electron chi connectivity index (χ2n) is 8.52. The molecule has 180 valence electrons. The molecule has 0 aliphatic carbocycles. The van der Waals surface area contributed by atoms with E-state index in [4.69, 9.17) is 16.3 Å². The number of anilines is 1. The van der Waals surface area contributed by atoms with Gasteiger partial charge in [0.1, 0.15) is 11.6 Å². The maximum atomic E-state index is 13.8. The van der Waals surface area contributed by atoms with Crippen LogP contribution in [0.1, 0.15) is 35.3 Å². The first kappa shape index (κ1) is 24.5. The molecular weight excluding hydrogens is 465 g/mol. The highest BCUT2D eigenvalue weighted by molar-refractivity contribution is 6.30. The Morgan fingerprint density at radius 2 is 1.94 bits per heavy atom. The minimum Gasteiger partial charge on any atom is -0.497 e. The Balaban J connectivity index is 1.70. The van der Waals surface area contributed by atoms with Crippen LogP contribution in [0.5, 0.6) is 5.75 Å². The molecule has 7 heteroatoms. The van der Waals surface area contributed by atoms with Gasteiger partial charge < -0.3 is 9.64 Å². The molecule has 1 aliphatic heterocycles. The maximum absolute atomic E-state index is 13.8. The lowest BCUT2D eigenvalue weighted by molar-refractivity contribution is 0.0955. The number of carbonyl (C=O) groups is 1. The van der Waals surface area contributed by atoms with Crippen LogP contribution in [0, 0.1) is 5.82 Å². The zero-order valence-corrected chi connectivity index (χ0v) is 20.6. The molecule has 0 saturated carbocycles. The lowest BCUT2D eigenvalue weighted by Gasteiger charge is -2.30. The van der Waals surface area contributed by atoms with Crippen LogP contribution in [0.2, 0.25) is 5.02 Å². The molecule has 1 amide bonds. The fraction of sp³-hybridized carbons (Fsp3) is 0.214. The van der Waals surface area contributed by atoms with Crippen molar-refractivity contribution in [1.29, 1.82) is 0 Å². The van der Waals surface area contributed by atoms with Gasteiger partial charge in [-0.1, -0.05) is 35.9 Å². The Morgan fingerprint density at radius 3 is 2.63 bits per heavy atom. The molecule has 0 bridgehead atoms. The zero-order valence-electron chi connectivity index (χ0n) is 19.9. The Bertz CT molecular complexity index is 1290. The largest absolute Gasteiger partial charge is 0.497 e. The van der Waals surface area contributed by atoms with E-state index in [2.05, 4.69) is 29.3 Å². The molecule has 3 aromatic carbocycles. The van der Waals surface area contributed by atoms with Gasteiger partial charge in [0.2, 0.25) is 0 Å². The summed E-state index contributed by atoms with van der Waals surface area (Å²) in [5.74, 6) is 0.0327. The van der Waals surface area contributed by atoms with Crippen LogP contribution >= 0.6 is 11.6 Å². The molecule has 0 spiro atoms. The Labute approximate surface area is 209 Å². The third-order valence-electron chi connectivity index (χ3n) is 6.31. The molecule has 0 aromatic heterocycles. The molecule has 1 N–H and O–H groups in total. The summed E-state index contributed by atoms with van der Waals surface area (Å²) in [4.78, 5) is 14.5. The van der Waals surface area contributed by atoms with Crippen LogP contribution in [0.3, 0.4) is 0 Å². The van der Waals surface area contributed by atoms with Crippen LogP contribution in [-0.4, -0.2) is 25.8 Å². The number of allylic oxidation sites excluding steroid dienone is 2. The second kappa shape index (κ2) is 10.3. The fourth-order valence-electron chi connectivity index (χ4n) is 4.60. The summed E-state index contributed by atoms with van der Waals surface area (Å²) in [5.41, 5.74) is 6.70. The number of benzene rings is 3. The van der Waals surface area contributed by atoms with Crippen molar-refractivity contribution in [1.82, 2.24) is 5.43 Å². The standard InChI is InChI=1S/C28H27ClFN3O2/c1-4-33-25-13-11-21(35-3)17-22(25)28(2,18-19-10-12-24(30)23(29)16-19)26(33)14-15-31-32-27(34)20-8-6-5-7-9-20/h5-17H,4,18H2,1-3H3,(H,32,34)/b26-14-,31-15+. The predicted molar refractivity (Wildman–Crippen MR) is 139 cm³/mol. The lowest BCUT2D eigenvalue weighted by atomic mass is 9.76. The summed E-state index contributed by atoms with van der Waals surface area (Å²) < 4.78 is 19.3. The van der Waals surface area contributed by atoms with E-state index in [9.17, 15) is 9.18 Å². The van der Waals surface area contributed by atoms with E-state index in [0.29, 0.717) is 12.0 Å². The molecule has 0 saturated heterocycles. The van der Waals surface area contributed by atoms with Crippen molar-refractivity contribution in [2.24, 2.45) is 5.10 Å². The van der Waals surface area contributed by atoms with E-state index in [1.807, 2.05) is 30.3 Å². The third kappa shape index (κ3) is 4.93. The third-order valence-corrected chi connectivity index (χ3v) is 6.60. The van der Waals surface area contributed by atoms with Gasteiger partial charge >= 0.3 is 0 Å². The van der Waals surface area contributed by atoms with Gasteiger partial charge in [-0.05, 0) is 79.9 Å². The summed E-state index contributed by atoms with van der Waals surface area (Å²) in [5, 5.41) is 4.25. The zero-order chi connectivity index (χ0) is 25.0. The molecule has 1 aliphatic rings. The Morgan fingerprint density at radius 1 is 1.17 bits per heavy atom. The molecule has 0 fully saturated rings. The highest BCUT2D eigenvalue weighted by Crippen LogP contribution is 2.50. The van der Waals surface area contributed by atoms with Crippen LogP contribution in [0.4, 0.5) is 10.1 Å². The van der Waals surface area contributed by atoms with Crippen molar-refractivity contribution >= 4 is 29.4 Å². The normalized spacial score (nSPS) is 18.2. The average Bonchev–Trinajstić information content (AvgIpc) is 3.10. The highest BCUT2D eigenvalue weighted by atomic mass is 35.5. The number of amides is 1. The second-order valence-corrected chi connectivity index (χ2v) is 8.93. The summed E-state index contributed by atoms with van der Waals surface area (Å²) in [6.07, 6.45) is 4.09. The highest BCUT2D eigenvalue weighted by Gasteiger charge is 2.43. The van der Waals surface area contributed by atoms with Gasteiger partial charge in [-0.3, -0.25) is 4.79 Å². The van der Waals surface area contributed by atoms with Gasteiger partial charge in [0.05, 0.1) is 12.1 Å². The number of nitrogens with one attached hydrogen (secondary N) is 1. The lowest BCUT2D eigenvalue weighted by Crippen LogP contribution is -2.31. The summed E-state index contributed by atoms with van der Waals surface area (Å²) in [6.45, 7) is 4.95. The number of methoxy groups -OCH3 is 1. The van der Waals surface area contributed by atoms with E-state index < -0.39 is 11.2 Å². The van der Waals surface area contributed by atoms with Crippen molar-refractivity contribution in [3.63, 3.8) is 0 Å². The van der Waals surface area contributed by atoms with E-state index in [0.717, 1.165) is 34.8 Å². The first-order valence-corrected chi connectivity index (χ1v) is 11.7. The molecule has 4 rings (SSSR count). The summed E-state index contributed by atoms with van der Waals surface area (Å²) >= 11 is 6.09. The van der Waals surface area contributed by atoms with Crippen molar-refractivity contribution in [2.45, 2.75) is 25.7 Å². The summed E-state index contributed by atoms with van der Waals surface area (Å²) in [6, 6.07) is 19.8. The van der Waals surface area contributed by atoms with Crippen LogP contribution in [-0.2, 0) is 11.8 Å². The van der Waals surface area contributed by atoms with Gasteiger partial charge in [-0.2, -0.15) is 5.10 Å². The molecule has 1 unspecified atom stereocenters. The molecule has 5 nitrogen and oxygen atoms in total. The van der Waals surface area contributed by atoms with Crippen molar-refractivity contribution in [2.75, 3.05) is 18.6 Å². The minimum atomic E-state index is -0.476.